The van der Waals surface area contributed by atoms with Crippen LogP contribution in [0, 0.1) is 5.92 Å². The van der Waals surface area contributed by atoms with Gasteiger partial charge < -0.3 is 10.1 Å². The maximum Gasteiger partial charge on any atom is 0.255 e. The van der Waals surface area contributed by atoms with Gasteiger partial charge in [-0.3, -0.25) is 4.79 Å². The van der Waals surface area contributed by atoms with Crippen molar-refractivity contribution in [1.82, 2.24) is 5.32 Å². The summed E-state index contributed by atoms with van der Waals surface area (Å²) in [5.41, 5.74) is 0.575. The summed E-state index contributed by atoms with van der Waals surface area (Å²) < 4.78 is 5.19. The summed E-state index contributed by atoms with van der Waals surface area (Å²) in [4.78, 5) is 12.1. The molecule has 0 radical (unpaired) electrons. The van der Waals surface area contributed by atoms with Gasteiger partial charge in [0, 0.05) is 12.4 Å². The highest BCUT2D eigenvalue weighted by Gasteiger charge is 2.13. The molecule has 0 fully saturated rings. The van der Waals surface area contributed by atoms with Crippen LogP contribution >= 0.6 is 11.6 Å². The molecule has 1 unspecified atom stereocenters. The molecule has 0 aliphatic rings. The Bertz CT molecular complexity index is 389. The second-order valence-electron chi connectivity index (χ2n) is 4.54. The minimum absolute atomic E-state index is 0.0897. The number of hydrogen-bond donors (Lipinski definition) is 1. The topological polar surface area (TPSA) is 38.3 Å². The lowest BCUT2D eigenvalue weighted by molar-refractivity contribution is 0.0943. The van der Waals surface area contributed by atoms with Crippen LogP contribution in [0.25, 0.3) is 0 Å². The molecule has 0 aromatic heterocycles. The van der Waals surface area contributed by atoms with Gasteiger partial charge in [-0.1, -0.05) is 25.5 Å². The minimum atomic E-state index is -0.0897. The third-order valence-corrected chi connectivity index (χ3v) is 3.34. The van der Waals surface area contributed by atoms with Gasteiger partial charge >= 0.3 is 0 Å². The number of para-hydroxylation sites is 1. The van der Waals surface area contributed by atoms with E-state index in [0.717, 1.165) is 19.3 Å². The van der Waals surface area contributed by atoms with Crippen molar-refractivity contribution in [2.75, 3.05) is 19.5 Å². The van der Waals surface area contributed by atoms with E-state index in [0.29, 0.717) is 29.7 Å². The van der Waals surface area contributed by atoms with E-state index in [-0.39, 0.29) is 5.91 Å². The average Bonchev–Trinajstić information content (AvgIpc) is 2.44. The number of ether oxygens (including phenoxy) is 1. The van der Waals surface area contributed by atoms with Crippen LogP contribution in [-0.2, 0) is 0 Å². The standard InChI is InChI=1S/C15H22ClNO2/c1-3-6-12(9-10-16)11-17-15(18)13-7-4-5-8-14(13)19-2/h4-5,7-8,12H,3,6,9-11H2,1-2H3,(H,17,18). The smallest absolute Gasteiger partial charge is 0.255 e. The molecule has 0 heterocycles. The second-order valence-corrected chi connectivity index (χ2v) is 4.92. The number of amides is 1. The molecule has 0 bridgehead atoms. The fourth-order valence-electron chi connectivity index (χ4n) is 2.08. The largest absolute Gasteiger partial charge is 0.496 e. The monoisotopic (exact) mass is 283 g/mol. The molecule has 1 aromatic rings. The van der Waals surface area contributed by atoms with Gasteiger partial charge in [0.2, 0.25) is 0 Å². The number of rotatable bonds is 8. The molecule has 4 heteroatoms. The summed E-state index contributed by atoms with van der Waals surface area (Å²) in [5, 5.41) is 2.97. The summed E-state index contributed by atoms with van der Waals surface area (Å²) in [6.45, 7) is 2.81. The summed E-state index contributed by atoms with van der Waals surface area (Å²) in [6.07, 6.45) is 3.12. The van der Waals surface area contributed by atoms with Crippen LogP contribution in [0.15, 0.2) is 24.3 Å². The highest BCUT2D eigenvalue weighted by atomic mass is 35.5. The predicted octanol–water partition coefficient (Wildman–Crippen LogP) is 3.47. The van der Waals surface area contributed by atoms with E-state index in [4.69, 9.17) is 16.3 Å². The summed E-state index contributed by atoms with van der Waals surface area (Å²) in [6, 6.07) is 7.24. The molecule has 19 heavy (non-hydrogen) atoms. The SMILES string of the molecule is CCCC(CCCl)CNC(=O)c1ccccc1OC. The number of halogens is 1. The first-order chi connectivity index (χ1) is 9.22. The number of benzene rings is 1. The Morgan fingerprint density at radius 2 is 2.11 bits per heavy atom. The van der Waals surface area contributed by atoms with Crippen LogP contribution in [-0.4, -0.2) is 25.4 Å². The number of alkyl halides is 1. The second kappa shape index (κ2) is 8.81. The molecule has 1 aromatic carbocycles. The Hall–Kier alpha value is -1.22. The molecular formula is C15H22ClNO2. The van der Waals surface area contributed by atoms with E-state index in [1.807, 2.05) is 12.1 Å². The van der Waals surface area contributed by atoms with Crippen molar-refractivity contribution in [1.29, 1.82) is 0 Å². The van der Waals surface area contributed by atoms with Crippen molar-refractivity contribution >= 4 is 17.5 Å². The van der Waals surface area contributed by atoms with Crippen LogP contribution in [0.1, 0.15) is 36.5 Å². The third-order valence-electron chi connectivity index (χ3n) is 3.12. The lowest BCUT2D eigenvalue weighted by Crippen LogP contribution is -2.29. The Morgan fingerprint density at radius 3 is 2.74 bits per heavy atom. The maximum atomic E-state index is 12.1. The first-order valence-electron chi connectivity index (χ1n) is 6.70. The lowest BCUT2D eigenvalue weighted by Gasteiger charge is -2.16. The summed E-state index contributed by atoms with van der Waals surface area (Å²) >= 11 is 5.78. The molecule has 1 rings (SSSR count). The number of nitrogens with one attached hydrogen (secondary N) is 1. The molecule has 106 valence electrons. The first kappa shape index (κ1) is 15.8. The zero-order valence-corrected chi connectivity index (χ0v) is 12.4. The molecular weight excluding hydrogens is 262 g/mol. The van der Waals surface area contributed by atoms with E-state index >= 15 is 0 Å². The number of carbonyl (C=O) groups is 1. The van der Waals surface area contributed by atoms with E-state index in [9.17, 15) is 4.79 Å². The molecule has 1 N–H and O–H groups in total. The van der Waals surface area contributed by atoms with Gasteiger partial charge in [0.25, 0.3) is 5.91 Å². The van der Waals surface area contributed by atoms with Crippen LogP contribution in [0.5, 0.6) is 5.75 Å². The van der Waals surface area contributed by atoms with Gasteiger partial charge in [-0.15, -0.1) is 11.6 Å². The number of methoxy groups -OCH3 is 1. The Morgan fingerprint density at radius 1 is 1.37 bits per heavy atom. The molecule has 1 atom stereocenters. The van der Waals surface area contributed by atoms with Crippen LogP contribution < -0.4 is 10.1 Å². The summed E-state index contributed by atoms with van der Waals surface area (Å²) in [7, 11) is 1.57. The van der Waals surface area contributed by atoms with Crippen molar-refractivity contribution in [3.05, 3.63) is 29.8 Å². The predicted molar refractivity (Wildman–Crippen MR) is 79.1 cm³/mol. The number of hydrogen-bond acceptors (Lipinski definition) is 2. The molecule has 0 spiro atoms. The minimum Gasteiger partial charge on any atom is -0.496 e. The van der Waals surface area contributed by atoms with Gasteiger partial charge in [0.15, 0.2) is 0 Å². The van der Waals surface area contributed by atoms with Crippen molar-refractivity contribution < 1.29 is 9.53 Å². The van der Waals surface area contributed by atoms with Crippen LogP contribution in [0.3, 0.4) is 0 Å². The van der Waals surface area contributed by atoms with Gasteiger partial charge in [0.05, 0.1) is 12.7 Å². The van der Waals surface area contributed by atoms with Crippen LogP contribution in [0.2, 0.25) is 0 Å². The van der Waals surface area contributed by atoms with Gasteiger partial charge in [-0.25, -0.2) is 0 Å². The third kappa shape index (κ3) is 5.11. The fraction of sp³-hybridized carbons (Fsp3) is 0.533. The zero-order chi connectivity index (χ0) is 14.1. The summed E-state index contributed by atoms with van der Waals surface area (Å²) in [5.74, 6) is 1.59. The molecule has 0 aliphatic heterocycles. The Labute approximate surface area is 120 Å². The Kier molecular flexibility index (Phi) is 7.34. The lowest BCUT2D eigenvalue weighted by atomic mass is 10.0. The first-order valence-corrected chi connectivity index (χ1v) is 7.23. The van der Waals surface area contributed by atoms with Gasteiger partial charge in [-0.2, -0.15) is 0 Å². The number of carbonyl (C=O) groups excluding carboxylic acids is 1. The van der Waals surface area contributed by atoms with Gasteiger partial charge in [0.1, 0.15) is 5.75 Å². The molecule has 3 nitrogen and oxygen atoms in total. The molecule has 1 amide bonds. The molecule has 0 saturated carbocycles. The maximum absolute atomic E-state index is 12.1. The van der Waals surface area contributed by atoms with Crippen molar-refractivity contribution in [2.24, 2.45) is 5.92 Å². The average molecular weight is 284 g/mol. The van der Waals surface area contributed by atoms with Crippen molar-refractivity contribution in [2.45, 2.75) is 26.2 Å². The fourth-order valence-corrected chi connectivity index (χ4v) is 2.38. The Balaban J connectivity index is 2.58. The van der Waals surface area contributed by atoms with E-state index in [1.165, 1.54) is 0 Å². The quantitative estimate of drug-likeness (QED) is 0.742. The molecule has 0 aliphatic carbocycles. The highest BCUT2D eigenvalue weighted by Crippen LogP contribution is 2.17. The highest BCUT2D eigenvalue weighted by molar-refractivity contribution is 6.17. The normalized spacial score (nSPS) is 11.9. The van der Waals surface area contributed by atoms with E-state index in [2.05, 4.69) is 12.2 Å². The molecule has 0 saturated heterocycles. The van der Waals surface area contributed by atoms with E-state index in [1.54, 1.807) is 19.2 Å². The van der Waals surface area contributed by atoms with Crippen LogP contribution in [0.4, 0.5) is 0 Å². The van der Waals surface area contributed by atoms with Crippen molar-refractivity contribution in [3.8, 4) is 5.75 Å². The van der Waals surface area contributed by atoms with Crippen molar-refractivity contribution in [3.63, 3.8) is 0 Å². The zero-order valence-electron chi connectivity index (χ0n) is 11.6. The van der Waals surface area contributed by atoms with E-state index < -0.39 is 0 Å². The van der Waals surface area contributed by atoms with Gasteiger partial charge in [-0.05, 0) is 30.9 Å².